The fraction of sp³-hybridized carbons (Fsp3) is 0.0714. The summed E-state index contributed by atoms with van der Waals surface area (Å²) in [5, 5.41) is 9.24. The molecule has 3 aromatic rings. The predicted octanol–water partition coefficient (Wildman–Crippen LogP) is 2.10. The van der Waals surface area contributed by atoms with E-state index in [9.17, 15) is 9.90 Å². The Balaban J connectivity index is 2.33. The highest BCUT2D eigenvalue weighted by Crippen LogP contribution is 2.24. The fourth-order valence-corrected chi connectivity index (χ4v) is 2.02. The molecule has 0 saturated heterocycles. The minimum Gasteiger partial charge on any atom is -0.495 e. The van der Waals surface area contributed by atoms with Crippen molar-refractivity contribution in [3.8, 4) is 17.3 Å². The first-order valence-electron chi connectivity index (χ1n) is 5.91. The van der Waals surface area contributed by atoms with E-state index in [0.717, 1.165) is 0 Å². The maximum Gasteiger partial charge on any atom is 0.356 e. The van der Waals surface area contributed by atoms with Crippen LogP contribution in [0.15, 0.2) is 42.7 Å². The second-order valence-electron chi connectivity index (χ2n) is 4.13. The molecule has 0 aliphatic rings. The van der Waals surface area contributed by atoms with Gasteiger partial charge < -0.3 is 9.84 Å². The minimum atomic E-state index is -1.07. The van der Waals surface area contributed by atoms with Crippen molar-refractivity contribution >= 4 is 11.5 Å². The highest BCUT2D eigenvalue weighted by molar-refractivity contribution is 5.94. The van der Waals surface area contributed by atoms with Crippen molar-refractivity contribution in [2.24, 2.45) is 0 Å². The van der Waals surface area contributed by atoms with Crippen molar-refractivity contribution in [2.45, 2.75) is 0 Å². The number of methoxy groups -OCH3 is 1. The first-order chi connectivity index (χ1) is 9.70. The third-order valence-electron chi connectivity index (χ3n) is 2.94. The van der Waals surface area contributed by atoms with Gasteiger partial charge in [-0.25, -0.2) is 9.78 Å². The van der Waals surface area contributed by atoms with Crippen LogP contribution in [0.5, 0.6) is 5.75 Å². The number of carboxylic acid groups (broad SMARTS) is 1. The number of aromatic carboxylic acids is 1. The average Bonchev–Trinajstić information content (AvgIpc) is 2.87. The molecule has 0 saturated carbocycles. The molecular weight excluding hydrogens is 258 g/mol. The van der Waals surface area contributed by atoms with Gasteiger partial charge in [-0.1, -0.05) is 6.07 Å². The van der Waals surface area contributed by atoms with E-state index in [1.807, 2.05) is 6.07 Å². The predicted molar refractivity (Wildman–Crippen MR) is 71.9 cm³/mol. The van der Waals surface area contributed by atoms with Crippen LogP contribution >= 0.6 is 0 Å². The molecule has 0 spiro atoms. The number of rotatable bonds is 3. The van der Waals surface area contributed by atoms with Crippen LogP contribution in [0.3, 0.4) is 0 Å². The standard InChI is InChI=1S/C14H11N3O3/c1-20-9-5-6-11-12(14(18)19)16-13(17(11)8-9)10-4-2-3-7-15-10/h2-8H,1H3,(H,18,19). The fourth-order valence-electron chi connectivity index (χ4n) is 2.02. The molecule has 0 aliphatic heterocycles. The molecule has 100 valence electrons. The zero-order valence-electron chi connectivity index (χ0n) is 10.6. The van der Waals surface area contributed by atoms with Gasteiger partial charge in [-0.15, -0.1) is 0 Å². The molecule has 0 unspecified atom stereocenters. The monoisotopic (exact) mass is 269 g/mol. The van der Waals surface area contributed by atoms with Crippen molar-refractivity contribution in [1.29, 1.82) is 0 Å². The molecule has 3 heterocycles. The Kier molecular flexibility index (Phi) is 2.83. The normalized spacial score (nSPS) is 10.7. The zero-order chi connectivity index (χ0) is 14.1. The van der Waals surface area contributed by atoms with Gasteiger partial charge in [-0.05, 0) is 24.3 Å². The topological polar surface area (TPSA) is 76.7 Å². The Bertz CT molecular complexity index is 781. The maximum atomic E-state index is 11.3. The first kappa shape index (κ1) is 12.2. The summed E-state index contributed by atoms with van der Waals surface area (Å²) in [5.74, 6) is 0.00997. The van der Waals surface area contributed by atoms with Crippen LogP contribution in [-0.4, -0.2) is 32.6 Å². The van der Waals surface area contributed by atoms with Gasteiger partial charge in [0.2, 0.25) is 0 Å². The second-order valence-corrected chi connectivity index (χ2v) is 4.13. The lowest BCUT2D eigenvalue weighted by Gasteiger charge is -2.03. The largest absolute Gasteiger partial charge is 0.495 e. The highest BCUT2D eigenvalue weighted by atomic mass is 16.5. The van der Waals surface area contributed by atoms with Gasteiger partial charge in [0, 0.05) is 6.20 Å². The summed E-state index contributed by atoms with van der Waals surface area (Å²) in [6.45, 7) is 0. The molecule has 3 rings (SSSR count). The SMILES string of the molecule is COc1ccc2c(C(=O)O)nc(-c3ccccn3)n2c1. The Morgan fingerprint density at radius 1 is 1.30 bits per heavy atom. The maximum absolute atomic E-state index is 11.3. The van der Waals surface area contributed by atoms with Crippen molar-refractivity contribution in [3.63, 3.8) is 0 Å². The smallest absolute Gasteiger partial charge is 0.356 e. The minimum absolute atomic E-state index is 0.00620. The molecule has 0 aliphatic carbocycles. The number of hydrogen-bond donors (Lipinski definition) is 1. The van der Waals surface area contributed by atoms with Crippen LogP contribution in [0, 0.1) is 0 Å². The summed E-state index contributed by atoms with van der Waals surface area (Å²) in [5.41, 5.74) is 1.09. The summed E-state index contributed by atoms with van der Waals surface area (Å²) in [6.07, 6.45) is 3.33. The molecule has 6 nitrogen and oxygen atoms in total. The number of nitrogens with zero attached hydrogens (tertiary/aromatic N) is 3. The Morgan fingerprint density at radius 3 is 2.80 bits per heavy atom. The van der Waals surface area contributed by atoms with E-state index in [0.29, 0.717) is 22.8 Å². The number of carbonyl (C=O) groups is 1. The number of imidazole rings is 1. The summed E-state index contributed by atoms with van der Waals surface area (Å²) in [6, 6.07) is 8.76. The van der Waals surface area contributed by atoms with Crippen molar-refractivity contribution in [1.82, 2.24) is 14.4 Å². The van der Waals surface area contributed by atoms with Gasteiger partial charge in [0.05, 0.1) is 18.8 Å². The number of carboxylic acids is 1. The molecule has 0 fully saturated rings. The molecule has 0 amide bonds. The van der Waals surface area contributed by atoms with Gasteiger partial charge in [0.1, 0.15) is 11.4 Å². The van der Waals surface area contributed by atoms with Crippen molar-refractivity contribution in [2.75, 3.05) is 7.11 Å². The molecule has 0 bridgehead atoms. The highest BCUT2D eigenvalue weighted by Gasteiger charge is 2.18. The Morgan fingerprint density at radius 2 is 2.15 bits per heavy atom. The molecule has 0 atom stereocenters. The lowest BCUT2D eigenvalue weighted by molar-refractivity contribution is 0.0693. The summed E-state index contributed by atoms with van der Waals surface area (Å²) < 4.78 is 6.84. The lowest BCUT2D eigenvalue weighted by Crippen LogP contribution is -1.97. The number of fused-ring (bicyclic) bond motifs is 1. The van der Waals surface area contributed by atoms with E-state index in [1.54, 1.807) is 48.2 Å². The van der Waals surface area contributed by atoms with Crippen LogP contribution in [0.1, 0.15) is 10.5 Å². The van der Waals surface area contributed by atoms with E-state index >= 15 is 0 Å². The van der Waals surface area contributed by atoms with Crippen molar-refractivity contribution in [3.05, 3.63) is 48.4 Å². The quantitative estimate of drug-likeness (QED) is 0.788. The third kappa shape index (κ3) is 1.87. The number of ether oxygens (including phenoxy) is 1. The van der Waals surface area contributed by atoms with Crippen LogP contribution in [0.4, 0.5) is 0 Å². The van der Waals surface area contributed by atoms with Gasteiger partial charge in [-0.3, -0.25) is 9.38 Å². The number of pyridine rings is 2. The first-order valence-corrected chi connectivity index (χ1v) is 5.91. The van der Waals surface area contributed by atoms with E-state index in [1.165, 1.54) is 0 Å². The molecule has 1 N–H and O–H groups in total. The summed E-state index contributed by atoms with van der Waals surface area (Å²) in [7, 11) is 1.55. The van der Waals surface area contributed by atoms with E-state index in [2.05, 4.69) is 9.97 Å². The van der Waals surface area contributed by atoms with Crippen molar-refractivity contribution < 1.29 is 14.6 Å². The van der Waals surface area contributed by atoms with Crippen LogP contribution < -0.4 is 4.74 Å². The zero-order valence-corrected chi connectivity index (χ0v) is 10.6. The lowest BCUT2D eigenvalue weighted by atomic mass is 10.3. The van der Waals surface area contributed by atoms with E-state index in [-0.39, 0.29) is 5.69 Å². The van der Waals surface area contributed by atoms with Crippen LogP contribution in [-0.2, 0) is 0 Å². The van der Waals surface area contributed by atoms with E-state index in [4.69, 9.17) is 4.74 Å². The second kappa shape index (κ2) is 4.65. The van der Waals surface area contributed by atoms with Gasteiger partial charge in [0.25, 0.3) is 0 Å². The average molecular weight is 269 g/mol. The van der Waals surface area contributed by atoms with Gasteiger partial charge in [-0.2, -0.15) is 0 Å². The molecule has 0 radical (unpaired) electrons. The Labute approximate surface area is 114 Å². The van der Waals surface area contributed by atoms with E-state index < -0.39 is 5.97 Å². The summed E-state index contributed by atoms with van der Waals surface area (Å²) >= 11 is 0. The molecule has 0 aromatic carbocycles. The summed E-state index contributed by atoms with van der Waals surface area (Å²) in [4.78, 5) is 19.7. The van der Waals surface area contributed by atoms with Gasteiger partial charge in [0.15, 0.2) is 11.5 Å². The molecule has 6 heteroatoms. The molecular formula is C14H11N3O3. The van der Waals surface area contributed by atoms with Crippen LogP contribution in [0.2, 0.25) is 0 Å². The molecule has 3 aromatic heterocycles. The Hall–Kier alpha value is -2.89. The third-order valence-corrected chi connectivity index (χ3v) is 2.94. The number of aromatic nitrogens is 3. The van der Waals surface area contributed by atoms with Crippen LogP contribution in [0.25, 0.3) is 17.0 Å². The molecule has 20 heavy (non-hydrogen) atoms. The van der Waals surface area contributed by atoms with Gasteiger partial charge >= 0.3 is 5.97 Å². The number of hydrogen-bond acceptors (Lipinski definition) is 4.